The fraction of sp³-hybridized carbons (Fsp3) is 0.714. The molecule has 3 heteroatoms. The van der Waals surface area contributed by atoms with Gasteiger partial charge in [0.2, 0.25) is 0 Å². The van der Waals surface area contributed by atoms with Gasteiger partial charge in [-0.05, 0) is 32.6 Å². The molecule has 0 unspecified atom stereocenters. The average molecular weight is 233 g/mol. The van der Waals surface area contributed by atoms with Gasteiger partial charge in [-0.25, -0.2) is 9.97 Å². The Balaban J connectivity index is 2.20. The summed E-state index contributed by atoms with van der Waals surface area (Å²) in [6.07, 6.45) is 5.04. The first-order chi connectivity index (χ1) is 8.04. The van der Waals surface area contributed by atoms with Crippen LogP contribution in [0.25, 0.3) is 0 Å². The lowest BCUT2D eigenvalue weighted by Gasteiger charge is -2.42. The van der Waals surface area contributed by atoms with Gasteiger partial charge in [-0.2, -0.15) is 0 Å². The standard InChI is InChI=1S/C14H23N3/c1-5-14(7-6-8-14)17-12-9-11(4)15-13(16-12)10(2)3/h9-10H,5-8H2,1-4H3,(H,15,16,17). The van der Waals surface area contributed by atoms with Crippen molar-refractivity contribution < 1.29 is 0 Å². The van der Waals surface area contributed by atoms with Crippen LogP contribution in [0.5, 0.6) is 0 Å². The molecule has 1 saturated carbocycles. The molecule has 2 rings (SSSR count). The van der Waals surface area contributed by atoms with Crippen LogP contribution in [0.2, 0.25) is 0 Å². The van der Waals surface area contributed by atoms with Gasteiger partial charge >= 0.3 is 0 Å². The van der Waals surface area contributed by atoms with Crippen LogP contribution >= 0.6 is 0 Å². The van der Waals surface area contributed by atoms with E-state index >= 15 is 0 Å². The van der Waals surface area contributed by atoms with Crippen molar-refractivity contribution in [1.82, 2.24) is 9.97 Å². The van der Waals surface area contributed by atoms with Gasteiger partial charge in [0.15, 0.2) is 0 Å². The maximum absolute atomic E-state index is 4.63. The molecule has 0 saturated heterocycles. The highest BCUT2D eigenvalue weighted by Crippen LogP contribution is 2.37. The summed E-state index contributed by atoms with van der Waals surface area (Å²) in [5, 5.41) is 3.63. The molecule has 0 aliphatic heterocycles. The van der Waals surface area contributed by atoms with Gasteiger partial charge in [0.1, 0.15) is 11.6 Å². The maximum atomic E-state index is 4.63. The zero-order chi connectivity index (χ0) is 12.5. The number of nitrogens with one attached hydrogen (secondary N) is 1. The lowest BCUT2D eigenvalue weighted by molar-refractivity contribution is 0.268. The fourth-order valence-corrected chi connectivity index (χ4v) is 2.36. The highest BCUT2D eigenvalue weighted by atomic mass is 15.1. The highest BCUT2D eigenvalue weighted by molar-refractivity contribution is 5.40. The van der Waals surface area contributed by atoms with Gasteiger partial charge in [0, 0.05) is 23.2 Å². The Morgan fingerprint density at radius 1 is 1.35 bits per heavy atom. The zero-order valence-corrected chi connectivity index (χ0v) is 11.4. The minimum Gasteiger partial charge on any atom is -0.365 e. The summed E-state index contributed by atoms with van der Waals surface area (Å²) in [6.45, 7) is 8.57. The third-order valence-electron chi connectivity index (χ3n) is 3.77. The molecule has 17 heavy (non-hydrogen) atoms. The number of hydrogen-bond acceptors (Lipinski definition) is 3. The van der Waals surface area contributed by atoms with E-state index in [0.717, 1.165) is 17.3 Å². The first-order valence-corrected chi connectivity index (χ1v) is 6.68. The molecule has 1 aliphatic rings. The van der Waals surface area contributed by atoms with E-state index in [2.05, 4.69) is 42.1 Å². The van der Waals surface area contributed by atoms with Crippen molar-refractivity contribution in [1.29, 1.82) is 0 Å². The van der Waals surface area contributed by atoms with Crippen LogP contribution in [0.15, 0.2) is 6.07 Å². The Hall–Kier alpha value is -1.12. The smallest absolute Gasteiger partial charge is 0.133 e. The number of hydrogen-bond donors (Lipinski definition) is 1. The minimum absolute atomic E-state index is 0.301. The molecule has 0 radical (unpaired) electrons. The van der Waals surface area contributed by atoms with Gasteiger partial charge in [-0.1, -0.05) is 20.8 Å². The summed E-state index contributed by atoms with van der Waals surface area (Å²) in [7, 11) is 0. The largest absolute Gasteiger partial charge is 0.365 e. The molecule has 1 aliphatic carbocycles. The van der Waals surface area contributed by atoms with Gasteiger partial charge in [0.25, 0.3) is 0 Å². The predicted molar refractivity (Wildman–Crippen MR) is 71.4 cm³/mol. The molecular weight excluding hydrogens is 210 g/mol. The molecule has 0 amide bonds. The molecule has 0 atom stereocenters. The Morgan fingerprint density at radius 3 is 2.53 bits per heavy atom. The third kappa shape index (κ3) is 2.59. The minimum atomic E-state index is 0.301. The number of nitrogens with zero attached hydrogens (tertiary/aromatic N) is 2. The zero-order valence-electron chi connectivity index (χ0n) is 11.4. The molecule has 1 aromatic rings. The van der Waals surface area contributed by atoms with Crippen molar-refractivity contribution in [3.63, 3.8) is 0 Å². The fourth-order valence-electron chi connectivity index (χ4n) is 2.36. The molecule has 1 heterocycles. The van der Waals surface area contributed by atoms with Crippen molar-refractivity contribution in [3.05, 3.63) is 17.6 Å². The van der Waals surface area contributed by atoms with Crippen molar-refractivity contribution in [2.24, 2.45) is 0 Å². The number of aryl methyl sites for hydroxylation is 1. The summed E-state index contributed by atoms with van der Waals surface area (Å²) in [5.41, 5.74) is 1.35. The van der Waals surface area contributed by atoms with Crippen LogP contribution in [0.3, 0.4) is 0 Å². The van der Waals surface area contributed by atoms with Crippen molar-refractivity contribution >= 4 is 5.82 Å². The molecule has 3 nitrogen and oxygen atoms in total. The maximum Gasteiger partial charge on any atom is 0.133 e. The second-order valence-electron chi connectivity index (χ2n) is 5.52. The molecule has 1 N–H and O–H groups in total. The van der Waals surface area contributed by atoms with E-state index in [1.165, 1.54) is 25.7 Å². The number of anilines is 1. The van der Waals surface area contributed by atoms with E-state index in [9.17, 15) is 0 Å². The van der Waals surface area contributed by atoms with Crippen molar-refractivity contribution in [3.8, 4) is 0 Å². The molecule has 94 valence electrons. The van der Waals surface area contributed by atoms with E-state index in [1.807, 2.05) is 6.92 Å². The van der Waals surface area contributed by atoms with Gasteiger partial charge in [-0.15, -0.1) is 0 Å². The monoisotopic (exact) mass is 233 g/mol. The Bertz CT molecular complexity index is 389. The predicted octanol–water partition coefficient (Wildman–Crippen LogP) is 3.65. The van der Waals surface area contributed by atoms with Gasteiger partial charge in [-0.3, -0.25) is 0 Å². The molecule has 1 aromatic heterocycles. The Labute approximate surface area is 104 Å². The number of rotatable bonds is 4. The molecule has 0 bridgehead atoms. The lowest BCUT2D eigenvalue weighted by atomic mass is 9.75. The number of aromatic nitrogens is 2. The second-order valence-corrected chi connectivity index (χ2v) is 5.52. The molecular formula is C14H23N3. The first-order valence-electron chi connectivity index (χ1n) is 6.68. The summed E-state index contributed by atoms with van der Waals surface area (Å²) in [4.78, 5) is 9.11. The average Bonchev–Trinajstić information content (AvgIpc) is 2.22. The molecule has 0 spiro atoms. The summed E-state index contributed by atoms with van der Waals surface area (Å²) < 4.78 is 0. The van der Waals surface area contributed by atoms with E-state index in [0.29, 0.717) is 11.5 Å². The van der Waals surface area contributed by atoms with E-state index in [4.69, 9.17) is 0 Å². The Kier molecular flexibility index (Phi) is 3.36. The van der Waals surface area contributed by atoms with Crippen molar-refractivity contribution in [2.75, 3.05) is 5.32 Å². The first kappa shape index (κ1) is 12.3. The topological polar surface area (TPSA) is 37.8 Å². The van der Waals surface area contributed by atoms with E-state index < -0.39 is 0 Å². The quantitative estimate of drug-likeness (QED) is 0.862. The van der Waals surface area contributed by atoms with Crippen LogP contribution in [0, 0.1) is 6.92 Å². The summed E-state index contributed by atoms with van der Waals surface area (Å²) in [6, 6.07) is 2.06. The third-order valence-corrected chi connectivity index (χ3v) is 3.77. The highest BCUT2D eigenvalue weighted by Gasteiger charge is 2.35. The molecule has 0 aromatic carbocycles. The van der Waals surface area contributed by atoms with Crippen LogP contribution in [0.4, 0.5) is 5.82 Å². The summed E-state index contributed by atoms with van der Waals surface area (Å²) >= 11 is 0. The van der Waals surface area contributed by atoms with Crippen LogP contribution < -0.4 is 5.32 Å². The van der Waals surface area contributed by atoms with Crippen LogP contribution in [0.1, 0.15) is 63.9 Å². The lowest BCUT2D eigenvalue weighted by Crippen LogP contribution is -2.44. The normalized spacial score (nSPS) is 17.9. The second kappa shape index (κ2) is 4.63. The van der Waals surface area contributed by atoms with Crippen LogP contribution in [-0.4, -0.2) is 15.5 Å². The van der Waals surface area contributed by atoms with E-state index in [-0.39, 0.29) is 0 Å². The molecule has 1 fully saturated rings. The van der Waals surface area contributed by atoms with Gasteiger partial charge in [0.05, 0.1) is 0 Å². The van der Waals surface area contributed by atoms with Crippen LogP contribution in [-0.2, 0) is 0 Å². The SMILES string of the molecule is CCC1(Nc2cc(C)nc(C(C)C)n2)CCC1. The van der Waals surface area contributed by atoms with Crippen molar-refractivity contribution in [2.45, 2.75) is 64.8 Å². The van der Waals surface area contributed by atoms with Gasteiger partial charge < -0.3 is 5.32 Å². The van der Waals surface area contributed by atoms with E-state index in [1.54, 1.807) is 0 Å². The summed E-state index contributed by atoms with van der Waals surface area (Å²) in [5.74, 6) is 2.33. The Morgan fingerprint density at radius 2 is 2.06 bits per heavy atom.